The number of fused-ring (bicyclic) bond motifs is 4. The minimum atomic E-state index is -1.24. The summed E-state index contributed by atoms with van der Waals surface area (Å²) < 4.78 is 16.3. The van der Waals surface area contributed by atoms with Crippen molar-refractivity contribution in [3.8, 4) is 0 Å². The van der Waals surface area contributed by atoms with E-state index in [9.17, 15) is 19.2 Å². The molecule has 0 unspecified atom stereocenters. The second-order valence-electron chi connectivity index (χ2n) is 7.63. The first-order chi connectivity index (χ1) is 14.2. The van der Waals surface area contributed by atoms with E-state index in [1.165, 1.54) is 21.0 Å². The fourth-order valence-electron chi connectivity index (χ4n) is 5.19. The van der Waals surface area contributed by atoms with Crippen molar-refractivity contribution in [2.75, 3.05) is 33.5 Å². The number of rotatable bonds is 6. The second-order valence-corrected chi connectivity index (χ2v) is 7.63. The molecule has 11 heteroatoms. The van der Waals surface area contributed by atoms with Gasteiger partial charge in [0.1, 0.15) is 19.3 Å². The van der Waals surface area contributed by atoms with E-state index in [4.69, 9.17) is 25.1 Å². The highest BCUT2D eigenvalue weighted by molar-refractivity contribution is 6.25. The average Bonchev–Trinajstić information content (AvgIpc) is 3.21. The Labute approximate surface area is 172 Å². The van der Waals surface area contributed by atoms with Crippen molar-refractivity contribution in [3.63, 3.8) is 0 Å². The van der Waals surface area contributed by atoms with Gasteiger partial charge in [0.2, 0.25) is 17.5 Å². The van der Waals surface area contributed by atoms with Crippen LogP contribution in [0.15, 0.2) is 22.6 Å². The van der Waals surface area contributed by atoms with Gasteiger partial charge in [0.25, 0.3) is 0 Å². The van der Waals surface area contributed by atoms with Gasteiger partial charge in [-0.15, -0.1) is 0 Å². The maximum atomic E-state index is 13.3. The zero-order chi connectivity index (χ0) is 22.0. The lowest BCUT2D eigenvalue weighted by Crippen LogP contribution is -2.56. The molecule has 3 aliphatic heterocycles. The number of hydrogen-bond donors (Lipinski definition) is 2. The van der Waals surface area contributed by atoms with Gasteiger partial charge in [0, 0.05) is 31.7 Å². The molecule has 2 saturated heterocycles. The Hall–Kier alpha value is -2.92. The molecule has 0 aromatic rings. The molecule has 0 radical (unpaired) electrons. The number of piperazine rings is 1. The van der Waals surface area contributed by atoms with Crippen molar-refractivity contribution in [1.29, 1.82) is 0 Å². The minimum Gasteiger partial charge on any atom is -0.487 e. The third-order valence-corrected chi connectivity index (χ3v) is 6.29. The Morgan fingerprint density at radius 3 is 2.57 bits per heavy atom. The maximum absolute atomic E-state index is 13.3. The summed E-state index contributed by atoms with van der Waals surface area (Å²) in [6.45, 7) is 2.44. The Bertz CT molecular complexity index is 925. The van der Waals surface area contributed by atoms with Crippen LogP contribution in [0.3, 0.4) is 0 Å². The van der Waals surface area contributed by atoms with E-state index in [2.05, 4.69) is 0 Å². The summed E-state index contributed by atoms with van der Waals surface area (Å²) in [6, 6.07) is -0.582. The number of carbonyl (C=O) groups is 4. The molecule has 3 N–H and O–H groups in total. The minimum absolute atomic E-state index is 0.107. The molecule has 2 fully saturated rings. The molecule has 0 aromatic carbocycles. The van der Waals surface area contributed by atoms with E-state index in [0.29, 0.717) is 6.54 Å². The van der Waals surface area contributed by atoms with Crippen molar-refractivity contribution in [2.45, 2.75) is 31.7 Å². The number of ketones is 2. The van der Waals surface area contributed by atoms with Crippen LogP contribution in [0.5, 0.6) is 0 Å². The topological polar surface area (TPSA) is 148 Å². The normalized spacial score (nSPS) is 31.7. The van der Waals surface area contributed by atoms with Crippen LogP contribution in [0.4, 0.5) is 4.79 Å². The Balaban J connectivity index is 1.80. The van der Waals surface area contributed by atoms with Crippen molar-refractivity contribution in [2.24, 2.45) is 11.7 Å². The first-order valence-electron chi connectivity index (χ1n) is 9.54. The molecule has 4 rings (SSSR count). The number of aliphatic hydroxyl groups is 1. The van der Waals surface area contributed by atoms with Gasteiger partial charge < -0.3 is 34.9 Å². The van der Waals surface area contributed by atoms with Crippen LogP contribution in [-0.4, -0.2) is 89.8 Å². The summed E-state index contributed by atoms with van der Waals surface area (Å²) in [5.74, 6) is -2.11. The van der Waals surface area contributed by atoms with Gasteiger partial charge in [-0.1, -0.05) is 0 Å². The third-order valence-electron chi connectivity index (χ3n) is 6.29. The molecule has 4 atom stereocenters. The van der Waals surface area contributed by atoms with E-state index in [1.807, 2.05) is 0 Å². The van der Waals surface area contributed by atoms with Gasteiger partial charge in [0.05, 0.1) is 24.3 Å². The first-order valence-corrected chi connectivity index (χ1v) is 9.54. The largest absolute Gasteiger partial charge is 0.487 e. The highest BCUT2D eigenvalue weighted by Gasteiger charge is 2.77. The predicted octanol–water partition coefficient (Wildman–Crippen LogP) is -1.34. The number of nitrogens with zero attached hydrogens (tertiary/aromatic N) is 2. The van der Waals surface area contributed by atoms with Crippen LogP contribution in [0.2, 0.25) is 0 Å². The number of primary amides is 1. The third kappa shape index (κ3) is 2.45. The molecule has 2 amide bonds. The monoisotopic (exact) mass is 422 g/mol. The molecule has 4 aliphatic rings. The van der Waals surface area contributed by atoms with Gasteiger partial charge in [-0.3, -0.25) is 14.4 Å². The summed E-state index contributed by atoms with van der Waals surface area (Å²) in [5.41, 5.74) is 4.31. The number of carbonyl (C=O) groups excluding carboxylic acids is 4. The zero-order valence-corrected chi connectivity index (χ0v) is 16.8. The molecule has 162 valence electrons. The molecule has 0 saturated carbocycles. The Kier molecular flexibility index (Phi) is 4.62. The lowest BCUT2D eigenvalue weighted by atomic mass is 9.83. The maximum Gasteiger partial charge on any atom is 0.404 e. The number of hydrogen-bond acceptors (Lipinski definition) is 9. The summed E-state index contributed by atoms with van der Waals surface area (Å²) in [4.78, 5) is 53.3. The number of ether oxygens (including phenoxy) is 3. The van der Waals surface area contributed by atoms with Crippen molar-refractivity contribution < 1.29 is 38.5 Å². The van der Waals surface area contributed by atoms with Crippen LogP contribution in [0.25, 0.3) is 0 Å². The average molecular weight is 422 g/mol. The smallest absolute Gasteiger partial charge is 0.404 e. The molecule has 11 nitrogen and oxygen atoms in total. The van der Waals surface area contributed by atoms with Crippen molar-refractivity contribution in [3.05, 3.63) is 22.6 Å². The molecule has 3 heterocycles. The van der Waals surface area contributed by atoms with Crippen LogP contribution in [-0.2, 0) is 28.6 Å². The zero-order valence-electron chi connectivity index (χ0n) is 16.8. The van der Waals surface area contributed by atoms with Gasteiger partial charge in [-0.05, 0) is 6.92 Å². The molecule has 30 heavy (non-hydrogen) atoms. The lowest BCUT2D eigenvalue weighted by Gasteiger charge is -2.40. The van der Waals surface area contributed by atoms with Gasteiger partial charge in [-0.2, -0.15) is 0 Å². The standard InChI is InChI=1S/C19H23N3O8/c1-8-14(25)13-12(15(26)16(8)29-5-4-23)10(7-30-18(20)27)19(28-3)17-11(6-21(13)19)22(17)9(2)24/h10-11,17,23H,4-7H2,1-3H3,(H2,20,27)/t10-,11+,17+,19-,22?/m1/s1/i1+1. The molecular weight excluding hydrogens is 399 g/mol. The number of allylic oxidation sites excluding steroid dienone is 2. The molecule has 0 spiro atoms. The van der Waals surface area contributed by atoms with Gasteiger partial charge in [0.15, 0.2) is 11.5 Å². The van der Waals surface area contributed by atoms with E-state index in [0.717, 1.165) is 0 Å². The first kappa shape index (κ1) is 20.4. The molecular formula is C19H23N3O8. The number of amides is 2. The van der Waals surface area contributed by atoms with E-state index < -0.39 is 35.3 Å². The second kappa shape index (κ2) is 6.81. The van der Waals surface area contributed by atoms with E-state index in [-0.39, 0.29) is 54.4 Å². The number of nitrogens with two attached hydrogens (primary N) is 1. The highest BCUT2D eigenvalue weighted by atomic mass is 16.6. The summed E-state index contributed by atoms with van der Waals surface area (Å²) in [5, 5.41) is 9.06. The quantitative estimate of drug-likeness (QED) is 0.301. The number of methoxy groups -OCH3 is 1. The molecule has 1 aliphatic carbocycles. The van der Waals surface area contributed by atoms with Crippen molar-refractivity contribution in [1.82, 2.24) is 9.80 Å². The van der Waals surface area contributed by atoms with E-state index in [1.54, 1.807) is 9.80 Å². The van der Waals surface area contributed by atoms with Crippen molar-refractivity contribution >= 4 is 23.6 Å². The van der Waals surface area contributed by atoms with Gasteiger partial charge >= 0.3 is 6.09 Å². The number of Topliss-reactive ketones (excluding diaryl/α,β-unsaturated/α-hetero) is 2. The van der Waals surface area contributed by atoms with Crippen LogP contribution in [0.1, 0.15) is 13.8 Å². The fourth-order valence-corrected chi connectivity index (χ4v) is 5.19. The predicted molar refractivity (Wildman–Crippen MR) is 98.3 cm³/mol. The van der Waals surface area contributed by atoms with Crippen LogP contribution < -0.4 is 5.73 Å². The fraction of sp³-hybridized carbons (Fsp3) is 0.579. The van der Waals surface area contributed by atoms with Crippen LogP contribution in [0, 0.1) is 5.92 Å². The SMILES string of the molecule is CO[C@@]12[C@H](COC(N)=O)C3=C(C(=O)C([13CH3])=C(OCCO)C3=O)N1C[C@H]1[C@@H]2N1C(C)=O. The van der Waals surface area contributed by atoms with Crippen LogP contribution >= 0.6 is 0 Å². The van der Waals surface area contributed by atoms with Gasteiger partial charge in [-0.25, -0.2) is 4.79 Å². The molecule has 0 aromatic heterocycles. The Morgan fingerprint density at radius 2 is 2.00 bits per heavy atom. The Morgan fingerprint density at radius 1 is 1.30 bits per heavy atom. The summed E-state index contributed by atoms with van der Waals surface area (Å²) >= 11 is 0. The lowest BCUT2D eigenvalue weighted by molar-refractivity contribution is -0.152. The highest BCUT2D eigenvalue weighted by Crippen LogP contribution is 2.59. The molecule has 0 bridgehead atoms. The summed E-state index contributed by atoms with van der Waals surface area (Å²) in [6.07, 6.45) is -1.03. The summed E-state index contributed by atoms with van der Waals surface area (Å²) in [7, 11) is 1.43. The number of aliphatic hydroxyl groups excluding tert-OH is 1. The van der Waals surface area contributed by atoms with E-state index >= 15 is 0 Å².